The number of nitrogens with two attached hydrogens (primary N) is 1. The van der Waals surface area contributed by atoms with Crippen molar-refractivity contribution in [3.8, 4) is 0 Å². The number of benzene rings is 3. The van der Waals surface area contributed by atoms with Gasteiger partial charge >= 0.3 is 0 Å². The maximum absolute atomic E-state index is 5.43. The molecule has 0 bridgehead atoms. The molecular formula is C25H32N2. The molecule has 0 aromatic heterocycles. The molecule has 0 aliphatic rings. The fraction of sp³-hybridized carbons (Fsp3) is 0.280. The molecular weight excluding hydrogens is 328 g/mol. The molecule has 3 aromatic carbocycles. The Hall–Kier alpha value is -2.74. The molecule has 0 saturated carbocycles. The topological polar surface area (TPSA) is 38.0 Å². The lowest BCUT2D eigenvalue weighted by molar-refractivity contribution is 0.506. The number of aryl methyl sites for hydroxylation is 2. The normalized spacial score (nSPS) is 10.7. The van der Waals surface area contributed by atoms with Crippen LogP contribution in [-0.4, -0.2) is 0 Å². The zero-order valence-electron chi connectivity index (χ0n) is 17.2. The molecule has 3 rings (SSSR count). The van der Waals surface area contributed by atoms with Crippen LogP contribution in [-0.2, 0) is 5.41 Å². The van der Waals surface area contributed by atoms with E-state index in [1.165, 1.54) is 16.7 Å². The van der Waals surface area contributed by atoms with Crippen molar-refractivity contribution in [3.05, 3.63) is 89.5 Å². The van der Waals surface area contributed by atoms with Gasteiger partial charge in [0.1, 0.15) is 0 Å². The van der Waals surface area contributed by atoms with E-state index in [4.69, 9.17) is 5.73 Å². The second-order valence-electron chi connectivity index (χ2n) is 7.72. The Morgan fingerprint density at radius 2 is 1.11 bits per heavy atom. The molecule has 2 heteroatoms. The van der Waals surface area contributed by atoms with Crippen LogP contribution in [0.1, 0.15) is 43.9 Å². The first-order valence-corrected chi connectivity index (χ1v) is 9.56. The average molecular weight is 361 g/mol. The summed E-state index contributed by atoms with van der Waals surface area (Å²) in [4.78, 5) is 0. The van der Waals surface area contributed by atoms with Gasteiger partial charge in [-0.25, -0.2) is 0 Å². The maximum Gasteiger partial charge on any atom is 0.0384 e. The highest BCUT2D eigenvalue weighted by Gasteiger charge is 2.17. The Bertz CT molecular complexity index is 793. The van der Waals surface area contributed by atoms with Gasteiger partial charge in [0.25, 0.3) is 0 Å². The minimum absolute atomic E-state index is 0.252. The van der Waals surface area contributed by atoms with E-state index in [9.17, 15) is 0 Å². The predicted molar refractivity (Wildman–Crippen MR) is 120 cm³/mol. The van der Waals surface area contributed by atoms with Gasteiger partial charge in [0.2, 0.25) is 0 Å². The molecule has 0 heterocycles. The van der Waals surface area contributed by atoms with Crippen LogP contribution in [0.5, 0.6) is 0 Å². The van der Waals surface area contributed by atoms with Crippen molar-refractivity contribution >= 4 is 17.1 Å². The van der Waals surface area contributed by atoms with E-state index < -0.39 is 0 Å². The van der Waals surface area contributed by atoms with Gasteiger partial charge < -0.3 is 11.1 Å². The van der Waals surface area contributed by atoms with Crippen molar-refractivity contribution < 1.29 is 0 Å². The third-order valence-electron chi connectivity index (χ3n) is 4.97. The molecule has 0 aliphatic carbocycles. The Balaban J connectivity index is 0.000000273. The van der Waals surface area contributed by atoms with Crippen molar-refractivity contribution in [1.29, 1.82) is 0 Å². The molecule has 0 amide bonds. The summed E-state index contributed by atoms with van der Waals surface area (Å²) >= 11 is 0. The summed E-state index contributed by atoms with van der Waals surface area (Å²) in [6.45, 7) is 11.0. The molecule has 27 heavy (non-hydrogen) atoms. The molecule has 3 N–H and O–H groups in total. The van der Waals surface area contributed by atoms with Crippen LogP contribution in [0.4, 0.5) is 17.1 Å². The second kappa shape index (κ2) is 9.27. The summed E-state index contributed by atoms with van der Waals surface area (Å²) in [5.41, 5.74) is 12.7. The fourth-order valence-corrected chi connectivity index (χ4v) is 2.58. The van der Waals surface area contributed by atoms with E-state index in [1.54, 1.807) is 0 Å². The molecule has 0 radical (unpaired) electrons. The van der Waals surface area contributed by atoms with Crippen molar-refractivity contribution in [2.45, 2.75) is 46.5 Å². The highest BCUT2D eigenvalue weighted by atomic mass is 14.9. The number of hydrogen-bond acceptors (Lipinski definition) is 2. The minimum atomic E-state index is 0.252. The molecule has 2 nitrogen and oxygen atoms in total. The molecule has 0 saturated heterocycles. The zero-order valence-corrected chi connectivity index (χ0v) is 17.2. The third-order valence-corrected chi connectivity index (χ3v) is 4.97. The van der Waals surface area contributed by atoms with Gasteiger partial charge in [0, 0.05) is 17.1 Å². The summed E-state index contributed by atoms with van der Waals surface area (Å²) in [6.07, 6.45) is 1.15. The van der Waals surface area contributed by atoms with Gasteiger partial charge in [0.05, 0.1) is 0 Å². The van der Waals surface area contributed by atoms with E-state index >= 15 is 0 Å². The molecule has 0 unspecified atom stereocenters. The summed E-state index contributed by atoms with van der Waals surface area (Å²) in [5.74, 6) is 0. The average Bonchev–Trinajstić information content (AvgIpc) is 2.67. The highest BCUT2D eigenvalue weighted by molar-refractivity contribution is 5.60. The monoisotopic (exact) mass is 360 g/mol. The van der Waals surface area contributed by atoms with Crippen LogP contribution >= 0.6 is 0 Å². The van der Waals surface area contributed by atoms with Gasteiger partial charge in [-0.1, -0.05) is 68.3 Å². The van der Waals surface area contributed by atoms with Crippen LogP contribution < -0.4 is 11.1 Å². The molecule has 0 spiro atoms. The number of anilines is 3. The van der Waals surface area contributed by atoms with Gasteiger partial charge in [0.15, 0.2) is 0 Å². The van der Waals surface area contributed by atoms with Crippen LogP contribution in [0.3, 0.4) is 0 Å². The SMILES string of the molecule is CCC(C)(C)c1ccc(Nc2ccc(C)cc2)cc1.Cc1ccc(N)cc1. The zero-order chi connectivity index (χ0) is 19.9. The van der Waals surface area contributed by atoms with E-state index in [-0.39, 0.29) is 5.41 Å². The smallest absolute Gasteiger partial charge is 0.0384 e. The molecule has 0 atom stereocenters. The number of nitrogen functional groups attached to an aromatic ring is 1. The third kappa shape index (κ3) is 6.49. The van der Waals surface area contributed by atoms with E-state index in [0.29, 0.717) is 0 Å². The molecule has 142 valence electrons. The Morgan fingerprint density at radius 3 is 1.52 bits per heavy atom. The molecule has 0 fully saturated rings. The Labute approximate surface area is 164 Å². The van der Waals surface area contributed by atoms with Crippen LogP contribution in [0.2, 0.25) is 0 Å². The first-order chi connectivity index (χ1) is 12.8. The number of nitrogens with one attached hydrogen (secondary N) is 1. The quantitative estimate of drug-likeness (QED) is 0.491. The van der Waals surface area contributed by atoms with Crippen molar-refractivity contribution in [3.63, 3.8) is 0 Å². The molecule has 3 aromatic rings. The van der Waals surface area contributed by atoms with E-state index in [2.05, 4.69) is 81.5 Å². The minimum Gasteiger partial charge on any atom is -0.399 e. The van der Waals surface area contributed by atoms with Gasteiger partial charge in [-0.05, 0) is 67.6 Å². The van der Waals surface area contributed by atoms with E-state index in [1.807, 2.05) is 31.2 Å². The summed E-state index contributed by atoms with van der Waals surface area (Å²) < 4.78 is 0. The Morgan fingerprint density at radius 1 is 0.704 bits per heavy atom. The number of hydrogen-bond donors (Lipinski definition) is 2. The standard InChI is InChI=1S/C18H23N.C7H9N/c1-5-18(3,4)15-8-12-17(13-9-15)19-16-10-6-14(2)7-11-16;1-6-2-4-7(8)5-3-6/h6-13,19H,5H2,1-4H3;2-5H,8H2,1H3. The Kier molecular flexibility index (Phi) is 7.06. The second-order valence-corrected chi connectivity index (χ2v) is 7.72. The van der Waals surface area contributed by atoms with Crippen LogP contribution in [0.15, 0.2) is 72.8 Å². The summed E-state index contributed by atoms with van der Waals surface area (Å²) in [5, 5.41) is 3.43. The highest BCUT2D eigenvalue weighted by Crippen LogP contribution is 2.28. The first kappa shape index (κ1) is 20.6. The first-order valence-electron chi connectivity index (χ1n) is 9.56. The van der Waals surface area contributed by atoms with E-state index in [0.717, 1.165) is 23.5 Å². The van der Waals surface area contributed by atoms with Crippen molar-refractivity contribution in [1.82, 2.24) is 0 Å². The van der Waals surface area contributed by atoms with Gasteiger partial charge in [-0.3, -0.25) is 0 Å². The number of rotatable bonds is 4. The maximum atomic E-state index is 5.43. The van der Waals surface area contributed by atoms with Crippen molar-refractivity contribution in [2.24, 2.45) is 0 Å². The van der Waals surface area contributed by atoms with Crippen molar-refractivity contribution in [2.75, 3.05) is 11.1 Å². The van der Waals surface area contributed by atoms with Crippen LogP contribution in [0.25, 0.3) is 0 Å². The molecule has 0 aliphatic heterocycles. The summed E-state index contributed by atoms with van der Waals surface area (Å²) in [7, 11) is 0. The lowest BCUT2D eigenvalue weighted by atomic mass is 9.82. The van der Waals surface area contributed by atoms with Gasteiger partial charge in [-0.2, -0.15) is 0 Å². The lowest BCUT2D eigenvalue weighted by Gasteiger charge is -2.23. The largest absolute Gasteiger partial charge is 0.399 e. The fourth-order valence-electron chi connectivity index (χ4n) is 2.58. The lowest BCUT2D eigenvalue weighted by Crippen LogP contribution is -2.15. The summed E-state index contributed by atoms with van der Waals surface area (Å²) in [6, 6.07) is 25.0. The predicted octanol–water partition coefficient (Wildman–Crippen LogP) is 7.00. The van der Waals surface area contributed by atoms with Gasteiger partial charge in [-0.15, -0.1) is 0 Å². The van der Waals surface area contributed by atoms with Crippen LogP contribution in [0, 0.1) is 13.8 Å².